The van der Waals surface area contributed by atoms with Crippen LogP contribution < -0.4 is 16.4 Å². The van der Waals surface area contributed by atoms with E-state index in [1.54, 1.807) is 35.3 Å². The van der Waals surface area contributed by atoms with Crippen LogP contribution in [0.5, 0.6) is 0 Å². The van der Waals surface area contributed by atoms with Gasteiger partial charge in [0.05, 0.1) is 29.9 Å². The number of nitrogens with two attached hydrogens (primary N) is 2. The number of carbonyl (C=O) groups excluding carboxylic acids is 3. The Bertz CT molecular complexity index is 6480. The third-order valence-corrected chi connectivity index (χ3v) is 21.7. The van der Waals surface area contributed by atoms with E-state index in [0.717, 1.165) is 33.6 Å². The van der Waals surface area contributed by atoms with Crippen LogP contribution in [0.1, 0.15) is 82.4 Å². The summed E-state index contributed by atoms with van der Waals surface area (Å²) in [6.45, 7) is 16.6. The van der Waals surface area contributed by atoms with Gasteiger partial charge >= 0.3 is 11.8 Å². The molecule has 21 nitrogen and oxygen atoms in total. The van der Waals surface area contributed by atoms with E-state index in [1.165, 1.54) is 127 Å². The number of aromatic nitrogens is 6. The maximum atomic E-state index is 12.5. The Morgan fingerprint density at radius 1 is 0.484 bits per heavy atom. The minimum Gasteiger partial charge on any atom is -0.396 e. The summed E-state index contributed by atoms with van der Waals surface area (Å²) in [7, 11) is 5.84. The highest BCUT2D eigenvalue weighted by Gasteiger charge is 2.34. The summed E-state index contributed by atoms with van der Waals surface area (Å²) in [4.78, 5) is 60.0. The van der Waals surface area contributed by atoms with Crippen molar-refractivity contribution in [2.24, 2.45) is 42.4 Å². The van der Waals surface area contributed by atoms with E-state index >= 15 is 0 Å². The van der Waals surface area contributed by atoms with Crippen LogP contribution in [0.3, 0.4) is 0 Å². The number of nitrogens with zero attached hydrogens (tertiary/aromatic N) is 10. The number of fused-ring (bicyclic) bond motifs is 7. The Kier molecular flexibility index (Phi) is 30.3. The summed E-state index contributed by atoms with van der Waals surface area (Å²) in [5.74, 6) is -1.61. The van der Waals surface area contributed by atoms with Crippen molar-refractivity contribution >= 4 is 127 Å². The number of aliphatic hydroxyl groups is 4. The van der Waals surface area contributed by atoms with Gasteiger partial charge < -0.3 is 65.2 Å². The van der Waals surface area contributed by atoms with Gasteiger partial charge in [-0.05, 0) is 193 Å². The zero-order valence-corrected chi connectivity index (χ0v) is 70.8. The summed E-state index contributed by atoms with van der Waals surface area (Å²) in [6.07, 6.45) is 11.2. The number of imidazole rings is 2. The average Bonchev–Trinajstić information content (AvgIpc) is 0.829. The Labute approximate surface area is 710 Å². The van der Waals surface area contributed by atoms with Crippen LogP contribution in [-0.2, 0) is 27.2 Å². The van der Waals surface area contributed by atoms with E-state index in [9.17, 15) is 34.7 Å². The molecule has 0 bridgehead atoms. The van der Waals surface area contributed by atoms with Crippen molar-refractivity contribution in [2.75, 3.05) is 25.2 Å². The first-order valence-electron chi connectivity index (χ1n) is 40.5. The second-order valence-electron chi connectivity index (χ2n) is 30.7. The molecule has 13 aromatic carbocycles. The molecule has 4 amide bonds. The van der Waals surface area contributed by atoms with Gasteiger partial charge in [0.25, 0.3) is 11.8 Å². The molecule has 0 saturated heterocycles. The fraction of sp³-hybridized carbons (Fsp3) is 0.208. The predicted octanol–water partition coefficient (Wildman–Crippen LogP) is 20.1. The normalized spacial score (nSPS) is 12.7. The molecule has 0 saturated carbocycles. The van der Waals surface area contributed by atoms with Crippen molar-refractivity contribution in [1.82, 2.24) is 33.1 Å². The maximum absolute atomic E-state index is 12.5. The number of hydrogen-bond donors (Lipinski definition) is 6. The molecule has 4 atom stereocenters. The lowest BCUT2D eigenvalue weighted by molar-refractivity contribution is -0.389. The molecule has 0 fully saturated rings. The highest BCUT2D eigenvalue weighted by Crippen LogP contribution is 2.42. The van der Waals surface area contributed by atoms with Gasteiger partial charge in [-0.1, -0.05) is 238 Å². The van der Waals surface area contributed by atoms with Gasteiger partial charge in [-0.15, -0.1) is 0 Å². The summed E-state index contributed by atoms with van der Waals surface area (Å²) >= 11 is 0. The number of hydrogen-bond acceptors (Lipinski definition) is 12. The molecule has 122 heavy (non-hydrogen) atoms. The fourth-order valence-electron chi connectivity index (χ4n) is 14.7. The largest absolute Gasteiger partial charge is 0.396 e. The smallest absolute Gasteiger partial charge is 0.381 e. The minimum atomic E-state index is -0.836. The van der Waals surface area contributed by atoms with E-state index in [4.69, 9.17) is 21.7 Å². The molecule has 0 radical (unpaired) electrons. The van der Waals surface area contributed by atoms with Gasteiger partial charge in [0, 0.05) is 106 Å². The van der Waals surface area contributed by atoms with Gasteiger partial charge in [-0.3, -0.25) is 9.59 Å². The molecule has 8 N–H and O–H groups in total. The molecule has 2 unspecified atom stereocenters. The van der Waals surface area contributed by atoms with Gasteiger partial charge in [0.15, 0.2) is 5.69 Å². The van der Waals surface area contributed by atoms with Crippen LogP contribution >= 0.6 is 0 Å². The number of primary amides is 2. The standard InChI is InChI=1S/C17H12.C16H13N3O.C15H12.C11H18N4O4.C11H10.C10H11N.C9H15N3O4.C7H8.C5H7N/c1-11-5-6-14-8-7-12-3-2-4-13-9-10-15(11)17(14)16(12)13;1-10-9-18(2)16(20)19-13-8-4-6-11-5-3-7-12(14(11)13)17-15(10)19;1-11-10-12-6-2-3-8-14(12)15-9-5-4-7-13(11)15;1-6(4-16)7(17)2-3-15-5-14-8(10(12)18)9(15)11(13)19;1-9-5-4-7-10-6-2-3-8-11(9)10;1-8-4-3-5-10-9(8)6-7-11(10)2;1-7(5-13)8(14)2-3-11-4-9(10-6-11)12(15)16;1-7-5-3-2-4-6-7;1-6-4-2-3-5-6/h2-10H,1H3;3-9H,1-2H3;2-10H,1H3;5-7,16-17H,2-4H2,1H3,(H2,12,18)(H2,13,19);2-8H,1H3;3-7H,1-2H3;4,6-8,13-14H,2-3,5H2,1H3;2-6H,1H3;2-5H,1H3/t;;;6?,7-;;;7?,8-;;/m...1..1../s1. The van der Waals surface area contributed by atoms with Crippen LogP contribution in [0.25, 0.3) is 86.3 Å². The zero-order chi connectivity index (χ0) is 87.3. The number of aliphatic imine (C=N–C) groups is 1. The maximum Gasteiger partial charge on any atom is 0.381 e. The molecule has 624 valence electrons. The van der Waals surface area contributed by atoms with Crippen LogP contribution in [0.2, 0.25) is 0 Å². The SMILES string of the molecule is CC(CO)[C@H](O)CCn1cnc(C(N)=O)c1C(N)=O.CC(CO)[C@H](O)CCn1cnc([N+](=O)[O-])c1.CC1=CN(C)C(=O)N2C1=Nc1cccc3cccc2c13.Cc1cc2ccccc2c2ccccc12.Cc1ccc2ccc3cccc4ccc1c2c34.Cc1cccc2c1ccn2C.Cc1cccc2ccccc12.Cc1ccccc1.Cn1cccc1. The number of nitro groups is 1. The summed E-state index contributed by atoms with van der Waals surface area (Å²) in [5, 5.41) is 67.2. The molecule has 6 heterocycles. The van der Waals surface area contributed by atoms with Gasteiger partial charge in [-0.2, -0.15) is 0 Å². The summed E-state index contributed by atoms with van der Waals surface area (Å²) in [6, 6.07) is 88.9. The predicted molar refractivity (Wildman–Crippen MR) is 496 cm³/mol. The Hall–Kier alpha value is -14.0. The number of amides is 4. The molecule has 17 aromatic rings. The highest BCUT2D eigenvalue weighted by atomic mass is 16.6. The third kappa shape index (κ3) is 21.7. The van der Waals surface area contributed by atoms with Crippen LogP contribution in [0.4, 0.5) is 22.0 Å². The van der Waals surface area contributed by atoms with E-state index in [2.05, 4.69) is 255 Å². The van der Waals surface area contributed by atoms with Crippen molar-refractivity contribution < 1.29 is 39.7 Å². The van der Waals surface area contributed by atoms with Crippen molar-refractivity contribution in [3.05, 3.63) is 353 Å². The second kappa shape index (κ2) is 41.6. The van der Waals surface area contributed by atoms with Crippen LogP contribution in [-0.4, -0.2) is 115 Å². The van der Waals surface area contributed by atoms with Crippen LogP contribution in [0, 0.1) is 56.6 Å². The lowest BCUT2D eigenvalue weighted by atomic mass is 9.92. The Morgan fingerprint density at radius 2 is 1.01 bits per heavy atom. The average molecular weight is 1630 g/mol. The molecular weight excluding hydrogens is 1530 g/mol. The number of carbonyl (C=O) groups is 3. The van der Waals surface area contributed by atoms with Gasteiger partial charge in [-0.25, -0.2) is 19.7 Å². The Morgan fingerprint density at radius 3 is 1.60 bits per heavy atom. The topological polar surface area (TPSA) is 292 Å². The van der Waals surface area contributed by atoms with Crippen molar-refractivity contribution in [2.45, 2.75) is 93.5 Å². The molecule has 19 rings (SSSR count). The number of aryl methyl sites for hydroxylation is 9. The first-order valence-corrected chi connectivity index (χ1v) is 40.5. The molecular formula is C101H106N12O9. The lowest BCUT2D eigenvalue weighted by Gasteiger charge is -2.35. The first-order chi connectivity index (χ1) is 58.7. The molecule has 2 aliphatic rings. The molecule has 4 aromatic heterocycles. The highest BCUT2D eigenvalue weighted by molar-refractivity contribution is 6.31. The molecule has 2 aliphatic heterocycles. The second-order valence-corrected chi connectivity index (χ2v) is 30.7. The van der Waals surface area contributed by atoms with E-state index in [1.807, 2.05) is 104 Å². The number of benzene rings is 13. The number of aliphatic hydroxyl groups excluding tert-OH is 4. The van der Waals surface area contributed by atoms with Gasteiger partial charge in [0.2, 0.25) is 6.33 Å². The molecule has 0 spiro atoms. The first kappa shape index (κ1) is 88.8. The van der Waals surface area contributed by atoms with E-state index in [0.29, 0.717) is 13.0 Å². The van der Waals surface area contributed by atoms with Crippen molar-refractivity contribution in [1.29, 1.82) is 0 Å². The monoisotopic (exact) mass is 1630 g/mol. The minimum absolute atomic E-state index is 0.0728. The summed E-state index contributed by atoms with van der Waals surface area (Å²) in [5.41, 5.74) is 20.9. The number of anilines is 1. The molecule has 0 aliphatic carbocycles. The van der Waals surface area contributed by atoms with Gasteiger partial charge in [0.1, 0.15) is 17.7 Å². The number of rotatable bonds is 13. The van der Waals surface area contributed by atoms with Crippen molar-refractivity contribution in [3.8, 4) is 0 Å². The number of amidine groups is 1. The number of urea groups is 1. The van der Waals surface area contributed by atoms with E-state index in [-0.39, 0.29) is 61.3 Å². The quantitative estimate of drug-likeness (QED) is 0.0358. The fourth-order valence-corrected chi connectivity index (χ4v) is 14.7. The Balaban J connectivity index is 0.000000136. The third-order valence-electron chi connectivity index (χ3n) is 21.7. The molecule has 21 heteroatoms. The summed E-state index contributed by atoms with van der Waals surface area (Å²) < 4.78 is 7.06. The van der Waals surface area contributed by atoms with Crippen LogP contribution in [0.15, 0.2) is 309 Å². The van der Waals surface area contributed by atoms with E-state index < -0.39 is 28.9 Å². The van der Waals surface area contributed by atoms with Crippen molar-refractivity contribution in [3.63, 3.8) is 0 Å². The zero-order valence-electron chi connectivity index (χ0n) is 70.8. The lowest BCUT2D eigenvalue weighted by Crippen LogP contribution is -2.48.